The molecule has 0 aliphatic heterocycles. The number of hydrogen-bond donors (Lipinski definition) is 1. The first kappa shape index (κ1) is 18.4. The summed E-state index contributed by atoms with van der Waals surface area (Å²) >= 11 is 1.47. The third-order valence-electron chi connectivity index (χ3n) is 5.25. The summed E-state index contributed by atoms with van der Waals surface area (Å²) in [4.78, 5) is 27.1. The second-order valence-corrected chi connectivity index (χ2v) is 8.03. The molecule has 0 radical (unpaired) electrons. The molecule has 0 amide bonds. The molecule has 0 aliphatic carbocycles. The Bertz CT molecular complexity index is 1450. The topological polar surface area (TPSA) is 90.5 Å². The fourth-order valence-electron chi connectivity index (χ4n) is 3.77. The van der Waals surface area contributed by atoms with E-state index in [1.165, 1.54) is 17.7 Å². The molecule has 1 N–H and O–H groups in total. The molecule has 1 atom stereocenters. The summed E-state index contributed by atoms with van der Waals surface area (Å²) in [5.74, 6) is 0.658. The van der Waals surface area contributed by atoms with Crippen LogP contribution in [0.15, 0.2) is 53.3 Å². The number of benzene rings is 1. The number of rotatable bonds is 4. The maximum Gasteiger partial charge on any atom is 0.259 e. The van der Waals surface area contributed by atoms with Gasteiger partial charge in [-0.25, -0.2) is 15.0 Å². The van der Waals surface area contributed by atoms with Crippen LogP contribution in [0.1, 0.15) is 18.7 Å². The van der Waals surface area contributed by atoms with Gasteiger partial charge in [0.15, 0.2) is 5.82 Å². The van der Waals surface area contributed by atoms with Crippen molar-refractivity contribution >= 4 is 38.3 Å². The largest absolute Gasteiger partial charge is 0.360 e. The molecule has 5 rings (SSSR count). The van der Waals surface area contributed by atoms with E-state index in [0.717, 1.165) is 32.6 Å². The van der Waals surface area contributed by atoms with Crippen molar-refractivity contribution in [2.45, 2.75) is 13.0 Å². The standard InChI is InChI=1S/C21H19N7OS/c1-12(26-19-18-20(23-10-22-19)30-11-24-18)16-7-13-5-4-6-15(14-8-25-27(2)9-14)17(13)21(29)28(16)3/h4-12H,1-3H3,(H,22,23,26). The minimum absolute atomic E-state index is 0.0444. The second kappa shape index (κ2) is 7.03. The van der Waals surface area contributed by atoms with Gasteiger partial charge < -0.3 is 9.88 Å². The Balaban J connectivity index is 1.61. The van der Waals surface area contributed by atoms with Gasteiger partial charge in [0.25, 0.3) is 5.56 Å². The number of aromatic nitrogens is 6. The van der Waals surface area contributed by atoms with Gasteiger partial charge in [-0.2, -0.15) is 5.10 Å². The van der Waals surface area contributed by atoms with Crippen LogP contribution in [0.25, 0.3) is 32.2 Å². The lowest BCUT2D eigenvalue weighted by Crippen LogP contribution is -2.24. The molecule has 9 heteroatoms. The first-order valence-electron chi connectivity index (χ1n) is 9.45. The van der Waals surface area contributed by atoms with Crippen LogP contribution in [0.3, 0.4) is 0 Å². The number of fused-ring (bicyclic) bond motifs is 2. The van der Waals surface area contributed by atoms with Crippen molar-refractivity contribution in [3.8, 4) is 11.1 Å². The zero-order valence-corrected chi connectivity index (χ0v) is 17.5. The number of aryl methyl sites for hydroxylation is 1. The molecule has 0 saturated heterocycles. The summed E-state index contributed by atoms with van der Waals surface area (Å²) in [6.07, 6.45) is 5.22. The van der Waals surface area contributed by atoms with Crippen LogP contribution < -0.4 is 10.9 Å². The monoisotopic (exact) mass is 417 g/mol. The van der Waals surface area contributed by atoms with Crippen molar-refractivity contribution in [3.63, 3.8) is 0 Å². The molecule has 0 bridgehead atoms. The van der Waals surface area contributed by atoms with Gasteiger partial charge in [0.2, 0.25) is 0 Å². The normalized spacial score (nSPS) is 12.5. The zero-order valence-electron chi connectivity index (χ0n) is 16.7. The van der Waals surface area contributed by atoms with Gasteiger partial charge in [-0.1, -0.05) is 18.2 Å². The average Bonchev–Trinajstić information content (AvgIpc) is 3.39. The first-order valence-corrected chi connectivity index (χ1v) is 10.3. The van der Waals surface area contributed by atoms with Crippen LogP contribution in [-0.2, 0) is 14.1 Å². The lowest BCUT2D eigenvalue weighted by Gasteiger charge is -2.19. The molecule has 0 aliphatic rings. The zero-order chi connectivity index (χ0) is 20.8. The van der Waals surface area contributed by atoms with Crippen molar-refractivity contribution in [2.75, 3.05) is 5.32 Å². The molecule has 4 heterocycles. The highest BCUT2D eigenvalue weighted by Crippen LogP contribution is 2.29. The van der Waals surface area contributed by atoms with E-state index >= 15 is 0 Å². The Morgan fingerprint density at radius 3 is 2.83 bits per heavy atom. The predicted octanol–water partition coefficient (Wildman–Crippen LogP) is 3.51. The molecule has 5 aromatic rings. The van der Waals surface area contributed by atoms with Crippen molar-refractivity contribution in [1.29, 1.82) is 0 Å². The Hall–Kier alpha value is -3.59. The summed E-state index contributed by atoms with van der Waals surface area (Å²) in [5, 5.41) is 9.22. The fraction of sp³-hybridized carbons (Fsp3) is 0.190. The van der Waals surface area contributed by atoms with Gasteiger partial charge in [-0.05, 0) is 23.9 Å². The first-order chi connectivity index (χ1) is 14.5. The van der Waals surface area contributed by atoms with Crippen LogP contribution >= 0.6 is 11.3 Å². The summed E-state index contributed by atoms with van der Waals surface area (Å²) in [7, 11) is 3.67. The molecular formula is C21H19N7OS. The molecular weight excluding hydrogens is 398 g/mol. The number of hydrogen-bond acceptors (Lipinski definition) is 7. The molecule has 0 saturated carbocycles. The minimum Gasteiger partial charge on any atom is -0.360 e. The van der Waals surface area contributed by atoms with Gasteiger partial charge >= 0.3 is 0 Å². The van der Waals surface area contributed by atoms with E-state index in [-0.39, 0.29) is 11.6 Å². The van der Waals surface area contributed by atoms with Gasteiger partial charge in [-0.15, -0.1) is 11.3 Å². The SMILES string of the molecule is CC(Nc1ncnc2scnc12)c1cc2cccc(-c3cnn(C)c3)c2c(=O)n1C. The van der Waals surface area contributed by atoms with E-state index in [1.807, 2.05) is 44.4 Å². The number of pyridine rings is 1. The van der Waals surface area contributed by atoms with Crippen LogP contribution in [0.2, 0.25) is 0 Å². The molecule has 150 valence electrons. The molecule has 0 fully saturated rings. The number of nitrogens with zero attached hydrogens (tertiary/aromatic N) is 6. The highest BCUT2D eigenvalue weighted by Gasteiger charge is 2.17. The van der Waals surface area contributed by atoms with Crippen molar-refractivity contribution in [3.05, 3.63) is 64.5 Å². The number of thiazole rings is 1. The van der Waals surface area contributed by atoms with Crippen molar-refractivity contribution in [2.24, 2.45) is 14.1 Å². The molecule has 30 heavy (non-hydrogen) atoms. The smallest absolute Gasteiger partial charge is 0.259 e. The third-order valence-corrected chi connectivity index (χ3v) is 5.99. The summed E-state index contributed by atoms with van der Waals surface area (Å²) in [5.41, 5.74) is 5.11. The summed E-state index contributed by atoms with van der Waals surface area (Å²) in [6, 6.07) is 7.79. The van der Waals surface area contributed by atoms with Crippen LogP contribution in [0.5, 0.6) is 0 Å². The highest BCUT2D eigenvalue weighted by molar-refractivity contribution is 7.16. The quantitative estimate of drug-likeness (QED) is 0.481. The number of anilines is 1. The van der Waals surface area contributed by atoms with E-state index in [2.05, 4.69) is 25.4 Å². The van der Waals surface area contributed by atoms with Gasteiger partial charge in [0, 0.05) is 31.5 Å². The molecule has 1 aromatic carbocycles. The molecule has 1 unspecified atom stereocenters. The Kier molecular flexibility index (Phi) is 4.32. The van der Waals surface area contributed by atoms with E-state index < -0.39 is 0 Å². The molecule has 4 aromatic heterocycles. The van der Waals surface area contributed by atoms with Crippen LogP contribution in [-0.4, -0.2) is 29.3 Å². The lowest BCUT2D eigenvalue weighted by molar-refractivity contribution is 0.721. The van der Waals surface area contributed by atoms with E-state index in [0.29, 0.717) is 11.2 Å². The molecule has 8 nitrogen and oxygen atoms in total. The van der Waals surface area contributed by atoms with Crippen LogP contribution in [0, 0.1) is 0 Å². The Morgan fingerprint density at radius 2 is 2.03 bits per heavy atom. The average molecular weight is 417 g/mol. The van der Waals surface area contributed by atoms with E-state index in [4.69, 9.17) is 0 Å². The summed E-state index contributed by atoms with van der Waals surface area (Å²) in [6.45, 7) is 2.01. The minimum atomic E-state index is -0.158. The summed E-state index contributed by atoms with van der Waals surface area (Å²) < 4.78 is 3.43. The second-order valence-electron chi connectivity index (χ2n) is 7.20. The van der Waals surface area contributed by atoms with Gasteiger partial charge in [0.05, 0.1) is 23.1 Å². The van der Waals surface area contributed by atoms with Gasteiger partial charge in [-0.3, -0.25) is 9.48 Å². The maximum absolute atomic E-state index is 13.3. The Morgan fingerprint density at radius 1 is 1.17 bits per heavy atom. The van der Waals surface area contributed by atoms with Gasteiger partial charge in [0.1, 0.15) is 16.7 Å². The lowest BCUT2D eigenvalue weighted by atomic mass is 10.00. The van der Waals surface area contributed by atoms with E-state index in [1.54, 1.807) is 28.0 Å². The highest BCUT2D eigenvalue weighted by atomic mass is 32.1. The Labute approximate surface area is 175 Å². The molecule has 0 spiro atoms. The van der Waals surface area contributed by atoms with Crippen molar-refractivity contribution < 1.29 is 0 Å². The van der Waals surface area contributed by atoms with Crippen LogP contribution in [0.4, 0.5) is 5.82 Å². The van der Waals surface area contributed by atoms with E-state index in [9.17, 15) is 4.79 Å². The number of nitrogens with one attached hydrogen (secondary N) is 1. The third kappa shape index (κ3) is 2.94. The van der Waals surface area contributed by atoms with Crippen molar-refractivity contribution in [1.82, 2.24) is 29.3 Å². The predicted molar refractivity (Wildman–Crippen MR) is 119 cm³/mol. The maximum atomic E-state index is 13.3. The fourth-order valence-corrected chi connectivity index (χ4v) is 4.39.